The van der Waals surface area contributed by atoms with Gasteiger partial charge in [0.15, 0.2) is 0 Å². The van der Waals surface area contributed by atoms with Crippen LogP contribution >= 0.6 is 0 Å². The number of alkyl halides is 3. The first-order valence-corrected chi connectivity index (χ1v) is 5.84. The zero-order valence-corrected chi connectivity index (χ0v) is 10.7. The molecule has 0 radical (unpaired) electrons. The van der Waals surface area contributed by atoms with Gasteiger partial charge in [0.1, 0.15) is 5.54 Å². The molecule has 1 atom stereocenters. The lowest BCUT2D eigenvalue weighted by Gasteiger charge is -2.25. The van der Waals surface area contributed by atoms with Crippen molar-refractivity contribution in [2.45, 2.75) is 38.5 Å². The van der Waals surface area contributed by atoms with Crippen molar-refractivity contribution in [2.75, 3.05) is 0 Å². The van der Waals surface area contributed by atoms with Crippen LogP contribution in [0.1, 0.15) is 31.4 Å². The topological polar surface area (TPSA) is 49.3 Å². The van der Waals surface area contributed by atoms with Crippen LogP contribution in [0.5, 0.6) is 0 Å². The third-order valence-corrected chi connectivity index (χ3v) is 3.17. The van der Waals surface area contributed by atoms with Crippen molar-refractivity contribution in [1.29, 1.82) is 0 Å². The lowest BCUT2D eigenvalue weighted by Crippen LogP contribution is -2.48. The molecule has 0 aliphatic carbocycles. The van der Waals surface area contributed by atoms with Gasteiger partial charge in [0.2, 0.25) is 0 Å². The van der Waals surface area contributed by atoms with E-state index in [1.54, 1.807) is 6.92 Å². The number of benzene rings is 1. The van der Waals surface area contributed by atoms with E-state index in [1.807, 2.05) is 0 Å². The molecule has 0 aliphatic rings. The van der Waals surface area contributed by atoms with E-state index in [9.17, 15) is 18.0 Å². The van der Waals surface area contributed by atoms with E-state index in [4.69, 9.17) is 5.11 Å². The summed E-state index contributed by atoms with van der Waals surface area (Å²) >= 11 is 0. The number of rotatable bonds is 5. The summed E-state index contributed by atoms with van der Waals surface area (Å²) in [4.78, 5) is 11.1. The van der Waals surface area contributed by atoms with Gasteiger partial charge >= 0.3 is 12.1 Å². The number of carbonyl (C=O) groups is 1. The van der Waals surface area contributed by atoms with E-state index in [1.165, 1.54) is 25.1 Å². The zero-order valence-electron chi connectivity index (χ0n) is 10.7. The van der Waals surface area contributed by atoms with Crippen LogP contribution in [0.4, 0.5) is 13.2 Å². The van der Waals surface area contributed by atoms with Crippen LogP contribution in [0, 0.1) is 0 Å². The van der Waals surface area contributed by atoms with Gasteiger partial charge in [-0.15, -0.1) is 0 Å². The van der Waals surface area contributed by atoms with Gasteiger partial charge in [0, 0.05) is 6.54 Å². The standard InChI is InChI=1S/C13H16F3NO2/c1-3-12(2,11(18)19)17-8-9-6-4-5-7-10(9)13(14,15)16/h4-7,17H,3,8H2,1-2H3,(H,18,19). The average molecular weight is 275 g/mol. The van der Waals surface area contributed by atoms with E-state index >= 15 is 0 Å². The van der Waals surface area contributed by atoms with Crippen molar-refractivity contribution in [3.8, 4) is 0 Å². The van der Waals surface area contributed by atoms with Crippen molar-refractivity contribution in [3.05, 3.63) is 35.4 Å². The Morgan fingerprint density at radius 3 is 2.37 bits per heavy atom. The second kappa shape index (κ2) is 5.61. The van der Waals surface area contributed by atoms with Crippen LogP contribution in [0.25, 0.3) is 0 Å². The van der Waals surface area contributed by atoms with Gasteiger partial charge < -0.3 is 5.11 Å². The maximum atomic E-state index is 12.8. The molecule has 0 saturated carbocycles. The normalized spacial score (nSPS) is 15.0. The predicted octanol–water partition coefficient (Wildman–Crippen LogP) is 3.05. The molecule has 1 unspecified atom stereocenters. The third kappa shape index (κ3) is 3.70. The highest BCUT2D eigenvalue weighted by molar-refractivity contribution is 5.78. The van der Waals surface area contributed by atoms with E-state index in [-0.39, 0.29) is 18.5 Å². The Kier molecular flexibility index (Phi) is 4.57. The molecule has 0 bridgehead atoms. The van der Waals surface area contributed by atoms with E-state index in [0.717, 1.165) is 6.07 Å². The summed E-state index contributed by atoms with van der Waals surface area (Å²) < 4.78 is 38.3. The Morgan fingerprint density at radius 1 is 1.32 bits per heavy atom. The number of nitrogens with one attached hydrogen (secondary N) is 1. The van der Waals surface area contributed by atoms with Crippen molar-refractivity contribution in [2.24, 2.45) is 0 Å². The number of carboxylic acid groups (broad SMARTS) is 1. The molecular weight excluding hydrogens is 259 g/mol. The van der Waals surface area contributed by atoms with E-state index in [0.29, 0.717) is 0 Å². The summed E-state index contributed by atoms with van der Waals surface area (Å²) in [5.41, 5.74) is -1.94. The average Bonchev–Trinajstić information content (AvgIpc) is 2.35. The third-order valence-electron chi connectivity index (χ3n) is 3.17. The van der Waals surface area contributed by atoms with Crippen LogP contribution < -0.4 is 5.32 Å². The Morgan fingerprint density at radius 2 is 1.89 bits per heavy atom. The van der Waals surface area contributed by atoms with Crippen molar-refractivity contribution in [3.63, 3.8) is 0 Å². The van der Waals surface area contributed by atoms with Gasteiger partial charge in [-0.1, -0.05) is 25.1 Å². The van der Waals surface area contributed by atoms with Crippen LogP contribution in [-0.2, 0) is 17.5 Å². The highest BCUT2D eigenvalue weighted by atomic mass is 19.4. The number of halogens is 3. The maximum Gasteiger partial charge on any atom is 0.416 e. The fourth-order valence-electron chi connectivity index (χ4n) is 1.59. The Balaban J connectivity index is 2.93. The van der Waals surface area contributed by atoms with Gasteiger partial charge in [-0.05, 0) is 25.0 Å². The molecule has 19 heavy (non-hydrogen) atoms. The van der Waals surface area contributed by atoms with Crippen molar-refractivity contribution >= 4 is 5.97 Å². The van der Waals surface area contributed by atoms with Crippen LogP contribution in [0.15, 0.2) is 24.3 Å². The summed E-state index contributed by atoms with van der Waals surface area (Å²) in [5.74, 6) is -1.08. The molecule has 0 fully saturated rings. The lowest BCUT2D eigenvalue weighted by molar-refractivity contribution is -0.144. The molecule has 0 amide bonds. The van der Waals surface area contributed by atoms with Crippen LogP contribution in [-0.4, -0.2) is 16.6 Å². The number of aliphatic carboxylic acids is 1. The number of hydrogen-bond donors (Lipinski definition) is 2. The quantitative estimate of drug-likeness (QED) is 0.868. The Bertz CT molecular complexity index is 459. The van der Waals surface area contributed by atoms with Crippen molar-refractivity contribution < 1.29 is 23.1 Å². The molecule has 1 aromatic carbocycles. The summed E-state index contributed by atoms with van der Waals surface area (Å²) in [6.45, 7) is 2.97. The van der Waals surface area contributed by atoms with E-state index < -0.39 is 23.2 Å². The maximum absolute atomic E-state index is 12.8. The molecule has 0 heterocycles. The molecule has 2 N–H and O–H groups in total. The summed E-state index contributed by atoms with van der Waals surface area (Å²) in [6, 6.07) is 5.13. The highest BCUT2D eigenvalue weighted by Gasteiger charge is 2.34. The predicted molar refractivity (Wildman–Crippen MR) is 64.6 cm³/mol. The second-order valence-electron chi connectivity index (χ2n) is 4.50. The summed E-state index contributed by atoms with van der Waals surface area (Å²) in [7, 11) is 0. The monoisotopic (exact) mass is 275 g/mol. The minimum atomic E-state index is -4.44. The first-order chi connectivity index (χ1) is 8.70. The van der Waals surface area contributed by atoms with Crippen molar-refractivity contribution in [1.82, 2.24) is 5.32 Å². The molecule has 0 spiro atoms. The zero-order chi connectivity index (χ0) is 14.7. The van der Waals surface area contributed by atoms with E-state index in [2.05, 4.69) is 5.32 Å². The van der Waals surface area contributed by atoms with Gasteiger partial charge in [-0.3, -0.25) is 10.1 Å². The van der Waals surface area contributed by atoms with Gasteiger partial charge in [-0.25, -0.2) is 0 Å². The minimum absolute atomic E-state index is 0.0379. The number of carboxylic acids is 1. The SMILES string of the molecule is CCC(C)(NCc1ccccc1C(F)(F)F)C(=O)O. The summed E-state index contributed by atoms with van der Waals surface area (Å²) in [6.07, 6.45) is -4.17. The van der Waals surface area contributed by atoms with Gasteiger partial charge in [0.25, 0.3) is 0 Å². The molecule has 0 aliphatic heterocycles. The molecule has 0 saturated heterocycles. The molecular formula is C13H16F3NO2. The second-order valence-corrected chi connectivity index (χ2v) is 4.50. The fraction of sp³-hybridized carbons (Fsp3) is 0.462. The Hall–Kier alpha value is -1.56. The van der Waals surface area contributed by atoms with Gasteiger partial charge in [-0.2, -0.15) is 13.2 Å². The summed E-state index contributed by atoms with van der Waals surface area (Å²) in [5, 5.41) is 11.7. The largest absolute Gasteiger partial charge is 0.480 e. The van der Waals surface area contributed by atoms with Crippen LogP contribution in [0.2, 0.25) is 0 Å². The Labute approximate surface area is 109 Å². The highest BCUT2D eigenvalue weighted by Crippen LogP contribution is 2.32. The molecule has 6 heteroatoms. The smallest absolute Gasteiger partial charge is 0.416 e. The molecule has 3 nitrogen and oxygen atoms in total. The van der Waals surface area contributed by atoms with Crippen LogP contribution in [0.3, 0.4) is 0 Å². The first kappa shape index (κ1) is 15.5. The van der Waals surface area contributed by atoms with Gasteiger partial charge in [0.05, 0.1) is 5.56 Å². The molecule has 1 rings (SSSR count). The number of hydrogen-bond acceptors (Lipinski definition) is 2. The molecule has 1 aromatic rings. The lowest BCUT2D eigenvalue weighted by atomic mass is 9.98. The minimum Gasteiger partial charge on any atom is -0.480 e. The molecule has 106 valence electrons. The molecule has 0 aromatic heterocycles. The fourth-order valence-corrected chi connectivity index (χ4v) is 1.59. The first-order valence-electron chi connectivity index (χ1n) is 5.84.